The molecule has 146 valence electrons. The average molecular weight is 467 g/mol. The highest BCUT2D eigenvalue weighted by Crippen LogP contribution is 2.26. The Kier molecular flexibility index (Phi) is 11.8. The second-order valence-electron chi connectivity index (χ2n) is 5.79. The molecule has 1 amide bonds. The number of aromatic nitrogens is 1. The second-order valence-corrected chi connectivity index (χ2v) is 6.71. The summed E-state index contributed by atoms with van der Waals surface area (Å²) in [6, 6.07) is 8.17. The molecule has 2 aromatic rings. The maximum Gasteiger partial charge on any atom is 0.220 e. The highest BCUT2D eigenvalue weighted by Gasteiger charge is 2.13. The first-order valence-corrected chi connectivity index (χ1v) is 9.01. The molecule has 0 aliphatic carbocycles. The quantitative estimate of drug-likeness (QED) is 0.608. The number of oxazole rings is 1. The van der Waals surface area contributed by atoms with Gasteiger partial charge in [0.15, 0.2) is 11.7 Å². The van der Waals surface area contributed by atoms with Gasteiger partial charge in [0.1, 0.15) is 0 Å². The van der Waals surface area contributed by atoms with Crippen molar-refractivity contribution in [3.05, 3.63) is 40.3 Å². The fraction of sp³-hybridized carbons (Fsp3) is 0.444. The molecule has 8 heteroatoms. The lowest BCUT2D eigenvalue weighted by Gasteiger charge is -2.12. The van der Waals surface area contributed by atoms with Gasteiger partial charge < -0.3 is 15.1 Å². The zero-order chi connectivity index (χ0) is 17.5. The molecule has 1 aromatic carbocycles. The van der Waals surface area contributed by atoms with E-state index in [0.717, 1.165) is 28.0 Å². The largest absolute Gasteiger partial charge is 0.440 e. The third-order valence-electron chi connectivity index (χ3n) is 3.67. The van der Waals surface area contributed by atoms with E-state index in [9.17, 15) is 4.79 Å². The molecule has 5 nitrogen and oxygen atoms in total. The summed E-state index contributed by atoms with van der Waals surface area (Å²) in [5.41, 5.74) is 1.83. The zero-order valence-electron chi connectivity index (χ0n) is 15.2. The van der Waals surface area contributed by atoms with E-state index in [1.165, 1.54) is 0 Å². The monoisotopic (exact) mass is 465 g/mol. The van der Waals surface area contributed by atoms with E-state index in [1.54, 1.807) is 0 Å². The van der Waals surface area contributed by atoms with Crippen LogP contribution in [0, 0.1) is 6.92 Å². The van der Waals surface area contributed by atoms with Crippen LogP contribution < -0.4 is 10.6 Å². The van der Waals surface area contributed by atoms with Crippen LogP contribution in [0.3, 0.4) is 0 Å². The van der Waals surface area contributed by atoms with Crippen LogP contribution >= 0.6 is 40.7 Å². The summed E-state index contributed by atoms with van der Waals surface area (Å²) in [5.74, 6) is 1.37. The number of nitrogens with zero attached hydrogens (tertiary/aromatic N) is 1. The van der Waals surface area contributed by atoms with Crippen molar-refractivity contribution in [2.24, 2.45) is 0 Å². The van der Waals surface area contributed by atoms with E-state index in [-0.39, 0.29) is 36.8 Å². The number of hydrogen-bond acceptors (Lipinski definition) is 4. The molecule has 0 fully saturated rings. The minimum atomic E-state index is 0. The summed E-state index contributed by atoms with van der Waals surface area (Å²) in [5, 5.41) is 6.18. The lowest BCUT2D eigenvalue weighted by molar-refractivity contribution is -0.121. The van der Waals surface area contributed by atoms with Gasteiger partial charge in [-0.15, -0.1) is 24.8 Å². The Bertz CT molecular complexity index is 678. The minimum Gasteiger partial charge on any atom is -0.440 e. The van der Waals surface area contributed by atoms with Crippen LogP contribution in [0.5, 0.6) is 0 Å². The van der Waals surface area contributed by atoms with E-state index in [4.69, 9.17) is 4.42 Å². The maximum absolute atomic E-state index is 11.9. The van der Waals surface area contributed by atoms with Crippen molar-refractivity contribution in [1.82, 2.24) is 15.6 Å². The van der Waals surface area contributed by atoms with E-state index in [2.05, 4.69) is 31.5 Å². The molecule has 0 unspecified atom stereocenters. The first-order chi connectivity index (χ1) is 11.5. The predicted molar refractivity (Wildman–Crippen MR) is 113 cm³/mol. The summed E-state index contributed by atoms with van der Waals surface area (Å²) in [4.78, 5) is 16.3. The third kappa shape index (κ3) is 7.66. The number of likely N-dealkylation sites (N-methyl/N-ethyl adjacent to an activating group) is 1. The van der Waals surface area contributed by atoms with Crippen LogP contribution in [-0.4, -0.2) is 30.0 Å². The van der Waals surface area contributed by atoms with Gasteiger partial charge in [0.25, 0.3) is 0 Å². The van der Waals surface area contributed by atoms with Gasteiger partial charge in [-0.25, -0.2) is 4.98 Å². The third-order valence-corrected chi connectivity index (χ3v) is 4.20. The fourth-order valence-electron chi connectivity index (χ4n) is 2.42. The maximum atomic E-state index is 11.9. The predicted octanol–water partition coefficient (Wildman–Crippen LogP) is 4.30. The summed E-state index contributed by atoms with van der Waals surface area (Å²) in [6.45, 7) is 7.54. The van der Waals surface area contributed by atoms with Crippen LogP contribution in [0.1, 0.15) is 31.9 Å². The van der Waals surface area contributed by atoms with Crippen molar-refractivity contribution in [2.45, 2.75) is 39.7 Å². The number of hydrogen-bond donors (Lipinski definition) is 2. The van der Waals surface area contributed by atoms with Gasteiger partial charge in [0, 0.05) is 35.5 Å². The Balaban J connectivity index is 0.00000312. The molecule has 2 N–H and O–H groups in total. The Morgan fingerprint density at radius 1 is 1.27 bits per heavy atom. The number of carbonyl (C=O) groups is 1. The molecule has 26 heavy (non-hydrogen) atoms. The number of amides is 1. The fourth-order valence-corrected chi connectivity index (χ4v) is 2.69. The zero-order valence-corrected chi connectivity index (χ0v) is 18.4. The molecule has 0 bridgehead atoms. The molecule has 1 heterocycles. The molecule has 0 aliphatic rings. The summed E-state index contributed by atoms with van der Waals surface area (Å²) >= 11 is 3.42. The standard InChI is InChI=1S/C18H24BrN3O2.2ClH/c1-4-20-12(2)11-21-16(23)9-10-17-22-13(3)18(24-17)14-5-7-15(19)8-6-14;;/h5-8,12,20H,4,9-11H2,1-3H3,(H,21,23);2*1H/t12-;;/m1../s1. The molecular formula is C18H26BrCl2N3O2. The van der Waals surface area contributed by atoms with Gasteiger partial charge in [0.05, 0.1) is 5.69 Å². The van der Waals surface area contributed by atoms with Crippen molar-refractivity contribution in [3.8, 4) is 11.3 Å². The second kappa shape index (κ2) is 12.3. The van der Waals surface area contributed by atoms with Crippen molar-refractivity contribution in [1.29, 1.82) is 0 Å². The highest BCUT2D eigenvalue weighted by molar-refractivity contribution is 9.10. The minimum absolute atomic E-state index is 0. The molecule has 1 aromatic heterocycles. The molecule has 0 aliphatic heterocycles. The SMILES string of the molecule is CCN[C@H](C)CNC(=O)CCc1nc(C)c(-c2ccc(Br)cc2)o1.Cl.Cl. The van der Waals surface area contributed by atoms with Gasteiger partial charge in [-0.2, -0.15) is 0 Å². The van der Waals surface area contributed by atoms with Crippen LogP contribution in [0.2, 0.25) is 0 Å². The topological polar surface area (TPSA) is 67.2 Å². The number of benzene rings is 1. The number of rotatable bonds is 8. The van der Waals surface area contributed by atoms with Crippen molar-refractivity contribution < 1.29 is 9.21 Å². The van der Waals surface area contributed by atoms with Crippen molar-refractivity contribution >= 4 is 46.7 Å². The van der Waals surface area contributed by atoms with Gasteiger partial charge in [-0.05, 0) is 32.5 Å². The summed E-state index contributed by atoms with van der Waals surface area (Å²) < 4.78 is 6.86. The van der Waals surface area contributed by atoms with Crippen molar-refractivity contribution in [2.75, 3.05) is 13.1 Å². The molecule has 0 spiro atoms. The van der Waals surface area contributed by atoms with Crippen LogP contribution in [0.15, 0.2) is 33.2 Å². The normalized spacial score (nSPS) is 11.2. The Hall–Kier alpha value is -1.08. The molecule has 0 saturated carbocycles. The molecular weight excluding hydrogens is 441 g/mol. The molecule has 2 rings (SSSR count). The Labute approximate surface area is 175 Å². The summed E-state index contributed by atoms with van der Waals surface area (Å²) in [6.07, 6.45) is 0.872. The molecule has 1 atom stereocenters. The molecule has 0 radical (unpaired) electrons. The number of halogens is 3. The smallest absolute Gasteiger partial charge is 0.220 e. The van der Waals surface area contributed by atoms with E-state index >= 15 is 0 Å². The van der Waals surface area contributed by atoms with Gasteiger partial charge in [0.2, 0.25) is 5.91 Å². The van der Waals surface area contributed by atoms with Gasteiger partial charge >= 0.3 is 0 Å². The van der Waals surface area contributed by atoms with Crippen molar-refractivity contribution in [3.63, 3.8) is 0 Å². The highest BCUT2D eigenvalue weighted by atomic mass is 79.9. The Morgan fingerprint density at radius 3 is 2.54 bits per heavy atom. The van der Waals surface area contributed by atoms with E-state index in [0.29, 0.717) is 25.3 Å². The van der Waals surface area contributed by atoms with E-state index < -0.39 is 0 Å². The first-order valence-electron chi connectivity index (χ1n) is 8.22. The van der Waals surface area contributed by atoms with Crippen LogP contribution in [-0.2, 0) is 11.2 Å². The lowest BCUT2D eigenvalue weighted by atomic mass is 10.1. The number of nitrogens with one attached hydrogen (secondary N) is 2. The lowest BCUT2D eigenvalue weighted by Crippen LogP contribution is -2.38. The Morgan fingerprint density at radius 2 is 1.92 bits per heavy atom. The van der Waals surface area contributed by atoms with Crippen LogP contribution in [0.25, 0.3) is 11.3 Å². The first kappa shape index (κ1) is 24.9. The number of carbonyl (C=O) groups excluding carboxylic acids is 1. The average Bonchev–Trinajstić information content (AvgIpc) is 2.93. The van der Waals surface area contributed by atoms with Gasteiger partial charge in [-0.1, -0.05) is 35.0 Å². The van der Waals surface area contributed by atoms with Crippen LogP contribution in [0.4, 0.5) is 0 Å². The van der Waals surface area contributed by atoms with E-state index in [1.807, 2.05) is 45.0 Å². The molecule has 0 saturated heterocycles. The van der Waals surface area contributed by atoms with Gasteiger partial charge in [-0.3, -0.25) is 4.79 Å². The number of aryl methyl sites for hydroxylation is 2. The summed E-state index contributed by atoms with van der Waals surface area (Å²) in [7, 11) is 0.